The molecule has 2 atom stereocenters. The van der Waals surface area contributed by atoms with Crippen molar-refractivity contribution in [2.75, 3.05) is 6.54 Å². The first-order chi connectivity index (χ1) is 11.6. The first-order valence-corrected chi connectivity index (χ1v) is 9.54. The molecule has 1 aromatic carbocycles. The van der Waals surface area contributed by atoms with Crippen molar-refractivity contribution in [3.63, 3.8) is 0 Å². The highest BCUT2D eigenvalue weighted by atomic mass is 32.2. The van der Waals surface area contributed by atoms with Gasteiger partial charge in [-0.25, -0.2) is 13.1 Å². The van der Waals surface area contributed by atoms with Gasteiger partial charge in [-0.05, 0) is 43.0 Å². The summed E-state index contributed by atoms with van der Waals surface area (Å²) in [5, 5.41) is 1.74. The van der Waals surface area contributed by atoms with Crippen LogP contribution in [0.15, 0.2) is 29.2 Å². The van der Waals surface area contributed by atoms with Gasteiger partial charge in [-0.1, -0.05) is 19.8 Å². The molecule has 0 unspecified atom stereocenters. The molecule has 1 saturated carbocycles. The number of sulfonamides is 1. The van der Waals surface area contributed by atoms with E-state index in [4.69, 9.17) is 0 Å². The molecule has 5 nitrogen and oxygen atoms in total. The Hall–Kier alpha value is -1.61. The molecule has 1 aliphatic carbocycles. The van der Waals surface area contributed by atoms with Crippen molar-refractivity contribution in [2.24, 2.45) is 5.92 Å². The predicted molar refractivity (Wildman–Crippen MR) is 86.6 cm³/mol. The number of halogens is 3. The Morgan fingerprint density at radius 2 is 1.76 bits per heavy atom. The van der Waals surface area contributed by atoms with Crippen molar-refractivity contribution in [3.05, 3.63) is 29.8 Å². The highest BCUT2D eigenvalue weighted by Crippen LogP contribution is 2.25. The van der Waals surface area contributed by atoms with Crippen molar-refractivity contribution in [1.82, 2.24) is 10.0 Å². The quantitative estimate of drug-likeness (QED) is 0.827. The Bertz CT molecular complexity index is 702. The Morgan fingerprint density at radius 3 is 2.32 bits per heavy atom. The zero-order valence-corrected chi connectivity index (χ0v) is 14.6. The summed E-state index contributed by atoms with van der Waals surface area (Å²) < 4.78 is 63.8. The molecule has 0 heterocycles. The molecule has 25 heavy (non-hydrogen) atoms. The monoisotopic (exact) mass is 378 g/mol. The lowest BCUT2D eigenvalue weighted by molar-refractivity contribution is -0.123. The third-order valence-electron chi connectivity index (χ3n) is 4.29. The van der Waals surface area contributed by atoms with E-state index in [2.05, 4.69) is 4.72 Å². The molecule has 9 heteroatoms. The number of rotatable bonds is 5. The summed E-state index contributed by atoms with van der Waals surface area (Å²) in [6, 6.07) is 4.71. The summed E-state index contributed by atoms with van der Waals surface area (Å²) in [5.74, 6) is -0.661. The van der Waals surface area contributed by atoms with Gasteiger partial charge in [0.25, 0.3) is 5.91 Å². The van der Waals surface area contributed by atoms with Crippen molar-refractivity contribution in [2.45, 2.75) is 49.7 Å². The van der Waals surface area contributed by atoms with E-state index < -0.39 is 28.7 Å². The van der Waals surface area contributed by atoms with Gasteiger partial charge in [0.2, 0.25) is 10.0 Å². The SMILES string of the molecule is C[C@@H]1CCCC[C@H]1NS(=O)(=O)c1ccc(C(=O)NCC(F)(F)F)cc1. The van der Waals surface area contributed by atoms with Crippen LogP contribution in [0.25, 0.3) is 0 Å². The van der Waals surface area contributed by atoms with Crippen LogP contribution in [-0.4, -0.2) is 33.1 Å². The average molecular weight is 378 g/mol. The number of nitrogens with one attached hydrogen (secondary N) is 2. The van der Waals surface area contributed by atoms with Crippen LogP contribution in [0.1, 0.15) is 43.0 Å². The van der Waals surface area contributed by atoms with Gasteiger partial charge in [-0.15, -0.1) is 0 Å². The number of alkyl halides is 3. The Balaban J connectivity index is 2.04. The van der Waals surface area contributed by atoms with Gasteiger partial charge in [-0.2, -0.15) is 13.2 Å². The molecule has 2 N–H and O–H groups in total. The molecule has 0 aromatic heterocycles. The molecule has 1 aromatic rings. The summed E-state index contributed by atoms with van der Waals surface area (Å²) in [7, 11) is -3.73. The van der Waals surface area contributed by atoms with Crippen LogP contribution in [0.2, 0.25) is 0 Å². The van der Waals surface area contributed by atoms with Gasteiger partial charge >= 0.3 is 6.18 Å². The minimum atomic E-state index is -4.50. The van der Waals surface area contributed by atoms with Crippen LogP contribution in [0.3, 0.4) is 0 Å². The zero-order valence-electron chi connectivity index (χ0n) is 13.8. The van der Waals surface area contributed by atoms with E-state index in [1.807, 2.05) is 6.92 Å². The molecule has 0 aliphatic heterocycles. The van der Waals surface area contributed by atoms with Crippen LogP contribution < -0.4 is 10.0 Å². The normalized spacial score (nSPS) is 21.8. The summed E-state index contributed by atoms with van der Waals surface area (Å²) in [6.07, 6.45) is -0.708. The predicted octanol–water partition coefficient (Wildman–Crippen LogP) is 2.84. The smallest absolute Gasteiger partial charge is 0.343 e. The fourth-order valence-electron chi connectivity index (χ4n) is 2.83. The number of carbonyl (C=O) groups is 1. The minimum absolute atomic E-state index is 0.0161. The van der Waals surface area contributed by atoms with E-state index in [1.54, 1.807) is 5.32 Å². The zero-order chi connectivity index (χ0) is 18.7. The second kappa shape index (κ2) is 7.74. The molecule has 1 amide bonds. The average Bonchev–Trinajstić information content (AvgIpc) is 2.54. The molecule has 1 aliphatic rings. The first-order valence-electron chi connectivity index (χ1n) is 8.06. The molecule has 1 fully saturated rings. The van der Waals surface area contributed by atoms with E-state index >= 15 is 0 Å². The Kier molecular flexibility index (Phi) is 6.10. The lowest BCUT2D eigenvalue weighted by Gasteiger charge is -2.29. The van der Waals surface area contributed by atoms with Gasteiger partial charge < -0.3 is 5.32 Å². The van der Waals surface area contributed by atoms with Crippen LogP contribution in [0.4, 0.5) is 13.2 Å². The van der Waals surface area contributed by atoms with Gasteiger partial charge in [0, 0.05) is 11.6 Å². The van der Waals surface area contributed by atoms with E-state index in [0.29, 0.717) is 0 Å². The van der Waals surface area contributed by atoms with Crippen LogP contribution in [-0.2, 0) is 10.0 Å². The topological polar surface area (TPSA) is 75.3 Å². The molecule has 140 valence electrons. The fourth-order valence-corrected chi connectivity index (χ4v) is 4.21. The fraction of sp³-hybridized carbons (Fsp3) is 0.562. The number of benzene rings is 1. The van der Waals surface area contributed by atoms with Gasteiger partial charge in [0.05, 0.1) is 4.90 Å². The minimum Gasteiger partial charge on any atom is -0.343 e. The second-order valence-corrected chi connectivity index (χ2v) is 8.03. The molecule has 0 bridgehead atoms. The summed E-state index contributed by atoms with van der Waals surface area (Å²) >= 11 is 0. The lowest BCUT2D eigenvalue weighted by atomic mass is 9.87. The maximum Gasteiger partial charge on any atom is 0.405 e. The van der Waals surface area contributed by atoms with Crippen LogP contribution in [0.5, 0.6) is 0 Å². The number of hydrogen-bond acceptors (Lipinski definition) is 3. The lowest BCUT2D eigenvalue weighted by Crippen LogP contribution is -2.41. The summed E-state index contributed by atoms with van der Waals surface area (Å²) in [6.45, 7) is 0.563. The second-order valence-electron chi connectivity index (χ2n) is 6.31. The van der Waals surface area contributed by atoms with E-state index in [0.717, 1.165) is 25.7 Å². The summed E-state index contributed by atoms with van der Waals surface area (Å²) in [4.78, 5) is 11.6. The molecule has 0 spiro atoms. The maximum atomic E-state index is 12.4. The third kappa shape index (κ3) is 5.71. The van der Waals surface area contributed by atoms with Crippen molar-refractivity contribution in [3.8, 4) is 0 Å². The maximum absolute atomic E-state index is 12.4. The molecule has 0 radical (unpaired) electrons. The van der Waals surface area contributed by atoms with Crippen LogP contribution in [0, 0.1) is 5.92 Å². The van der Waals surface area contributed by atoms with Gasteiger partial charge in [0.15, 0.2) is 0 Å². The van der Waals surface area contributed by atoms with Crippen molar-refractivity contribution < 1.29 is 26.4 Å². The van der Waals surface area contributed by atoms with E-state index in [-0.39, 0.29) is 22.4 Å². The van der Waals surface area contributed by atoms with Gasteiger partial charge in [-0.3, -0.25) is 4.79 Å². The van der Waals surface area contributed by atoms with Gasteiger partial charge in [0.1, 0.15) is 6.54 Å². The van der Waals surface area contributed by atoms with Crippen molar-refractivity contribution >= 4 is 15.9 Å². The highest BCUT2D eigenvalue weighted by molar-refractivity contribution is 7.89. The number of amides is 1. The standard InChI is InChI=1S/C16H21F3N2O3S/c1-11-4-2-3-5-14(11)21-25(23,24)13-8-6-12(7-9-13)15(22)20-10-16(17,18)19/h6-9,11,14,21H,2-5,10H2,1H3,(H,20,22)/t11-,14-/m1/s1. The molecule has 0 saturated heterocycles. The number of carbonyl (C=O) groups excluding carboxylic acids is 1. The molecule has 2 rings (SSSR count). The highest BCUT2D eigenvalue weighted by Gasteiger charge is 2.29. The number of hydrogen-bond donors (Lipinski definition) is 2. The van der Waals surface area contributed by atoms with Crippen LogP contribution >= 0.6 is 0 Å². The Morgan fingerprint density at radius 1 is 1.16 bits per heavy atom. The molecular formula is C16H21F3N2O3S. The van der Waals surface area contributed by atoms with E-state index in [9.17, 15) is 26.4 Å². The van der Waals surface area contributed by atoms with Crippen molar-refractivity contribution in [1.29, 1.82) is 0 Å². The molecular weight excluding hydrogens is 357 g/mol. The first kappa shape index (κ1) is 19.7. The largest absolute Gasteiger partial charge is 0.405 e. The van der Waals surface area contributed by atoms with E-state index in [1.165, 1.54) is 24.3 Å². The summed E-state index contributed by atoms with van der Waals surface area (Å²) in [5.41, 5.74) is -0.0331. The third-order valence-corrected chi connectivity index (χ3v) is 5.80. The Labute approximate surface area is 145 Å².